The first-order chi connectivity index (χ1) is 11.3. The molecule has 0 unspecified atom stereocenters. The van der Waals surface area contributed by atoms with Gasteiger partial charge in [0.25, 0.3) is 5.91 Å². The SMILES string of the molecule is Cc1ccccc1C[NH+]1CC[NH+]([C@@H](C)C(=O)NCC(F)(F)F)CC1. The molecule has 1 aliphatic heterocycles. The second-order valence-electron chi connectivity index (χ2n) is 6.57. The molecular weight excluding hydrogens is 319 g/mol. The molecular formula is C17H26F3N3O+2. The lowest BCUT2D eigenvalue weighted by Crippen LogP contribution is -3.29. The van der Waals surface area contributed by atoms with Crippen LogP contribution in [-0.4, -0.2) is 50.8 Å². The third kappa shape index (κ3) is 5.49. The molecule has 2 rings (SSSR count). The zero-order valence-electron chi connectivity index (χ0n) is 14.2. The molecule has 0 bridgehead atoms. The Balaban J connectivity index is 1.79. The van der Waals surface area contributed by atoms with E-state index in [-0.39, 0.29) is 0 Å². The Morgan fingerprint density at radius 3 is 2.42 bits per heavy atom. The van der Waals surface area contributed by atoms with Crippen molar-refractivity contribution in [2.24, 2.45) is 0 Å². The molecule has 1 aliphatic rings. The van der Waals surface area contributed by atoms with Gasteiger partial charge in [-0.25, -0.2) is 0 Å². The fourth-order valence-corrected chi connectivity index (χ4v) is 3.14. The number of halogens is 3. The Labute approximate surface area is 140 Å². The summed E-state index contributed by atoms with van der Waals surface area (Å²) in [5.41, 5.74) is 2.60. The maximum Gasteiger partial charge on any atom is 0.405 e. The lowest BCUT2D eigenvalue weighted by molar-refractivity contribution is -1.02. The van der Waals surface area contributed by atoms with Crippen molar-refractivity contribution >= 4 is 5.91 Å². The molecule has 24 heavy (non-hydrogen) atoms. The summed E-state index contributed by atoms with van der Waals surface area (Å²) in [6, 6.07) is 7.85. The number of amides is 1. The largest absolute Gasteiger partial charge is 0.405 e. The molecule has 1 heterocycles. The molecule has 1 saturated heterocycles. The van der Waals surface area contributed by atoms with Crippen molar-refractivity contribution in [3.05, 3.63) is 35.4 Å². The zero-order valence-corrected chi connectivity index (χ0v) is 14.2. The molecule has 134 valence electrons. The third-order valence-corrected chi connectivity index (χ3v) is 4.77. The number of aryl methyl sites for hydroxylation is 1. The summed E-state index contributed by atoms with van der Waals surface area (Å²) in [6.07, 6.45) is -4.36. The predicted octanol–water partition coefficient (Wildman–Crippen LogP) is -0.655. The number of rotatable bonds is 5. The molecule has 1 fully saturated rings. The standard InChI is InChI=1S/C17H24F3N3O/c1-13-5-3-4-6-15(13)11-22-7-9-23(10-8-22)14(2)16(24)21-12-17(18,19)20/h3-6,14H,7-12H2,1-2H3,(H,21,24)/p+2/t14-/m0/s1. The minimum atomic E-state index is -4.36. The van der Waals surface area contributed by atoms with Gasteiger partial charge in [-0.1, -0.05) is 24.3 Å². The highest BCUT2D eigenvalue weighted by Crippen LogP contribution is 2.12. The van der Waals surface area contributed by atoms with Gasteiger partial charge >= 0.3 is 6.18 Å². The summed E-state index contributed by atoms with van der Waals surface area (Å²) >= 11 is 0. The Kier molecular flexibility index (Phi) is 6.23. The first-order valence-electron chi connectivity index (χ1n) is 8.33. The lowest BCUT2D eigenvalue weighted by Gasteiger charge is -2.32. The maximum atomic E-state index is 12.2. The van der Waals surface area contributed by atoms with Gasteiger partial charge in [-0.2, -0.15) is 13.2 Å². The van der Waals surface area contributed by atoms with Gasteiger partial charge in [-0.3, -0.25) is 4.79 Å². The van der Waals surface area contributed by atoms with Crippen molar-refractivity contribution in [2.45, 2.75) is 32.6 Å². The van der Waals surface area contributed by atoms with Crippen LogP contribution in [0.25, 0.3) is 0 Å². The van der Waals surface area contributed by atoms with E-state index in [0.717, 1.165) is 37.6 Å². The van der Waals surface area contributed by atoms with Gasteiger partial charge in [0, 0.05) is 5.56 Å². The van der Waals surface area contributed by atoms with Crippen LogP contribution in [0, 0.1) is 6.92 Å². The van der Waals surface area contributed by atoms with E-state index in [1.165, 1.54) is 16.0 Å². The van der Waals surface area contributed by atoms with E-state index in [1.54, 1.807) is 6.92 Å². The third-order valence-electron chi connectivity index (χ3n) is 4.77. The van der Waals surface area contributed by atoms with Gasteiger partial charge < -0.3 is 15.1 Å². The lowest BCUT2D eigenvalue weighted by atomic mass is 10.1. The Hall–Kier alpha value is -1.60. The number of hydrogen-bond donors (Lipinski definition) is 3. The average molecular weight is 345 g/mol. The van der Waals surface area contributed by atoms with Crippen molar-refractivity contribution in [1.82, 2.24) is 5.32 Å². The van der Waals surface area contributed by atoms with Crippen LogP contribution in [0.1, 0.15) is 18.1 Å². The Morgan fingerprint density at radius 1 is 1.21 bits per heavy atom. The summed E-state index contributed by atoms with van der Waals surface area (Å²) in [5, 5.41) is 1.99. The monoisotopic (exact) mass is 345 g/mol. The van der Waals surface area contributed by atoms with Crippen LogP contribution >= 0.6 is 0 Å². The first kappa shape index (κ1) is 18.7. The number of piperazine rings is 1. The second kappa shape index (κ2) is 7.98. The van der Waals surface area contributed by atoms with Gasteiger partial charge in [0.2, 0.25) is 0 Å². The number of benzene rings is 1. The fourth-order valence-electron chi connectivity index (χ4n) is 3.14. The quantitative estimate of drug-likeness (QED) is 0.652. The van der Waals surface area contributed by atoms with Crippen LogP contribution in [0.15, 0.2) is 24.3 Å². The van der Waals surface area contributed by atoms with Crippen molar-refractivity contribution in [3.8, 4) is 0 Å². The summed E-state index contributed by atoms with van der Waals surface area (Å²) in [5.74, 6) is -0.523. The average Bonchev–Trinajstić information content (AvgIpc) is 2.54. The number of carbonyl (C=O) groups is 1. The van der Waals surface area contributed by atoms with Crippen LogP contribution in [0.3, 0.4) is 0 Å². The van der Waals surface area contributed by atoms with Crippen LogP contribution in [-0.2, 0) is 11.3 Å². The minimum absolute atomic E-state index is 0.452. The molecule has 0 aliphatic carbocycles. The highest BCUT2D eigenvalue weighted by molar-refractivity contribution is 5.79. The number of hydrogen-bond acceptors (Lipinski definition) is 1. The van der Waals surface area contributed by atoms with Gasteiger partial charge in [-0.05, 0) is 19.4 Å². The van der Waals surface area contributed by atoms with Crippen LogP contribution in [0.5, 0.6) is 0 Å². The number of carbonyl (C=O) groups excluding carboxylic acids is 1. The second-order valence-corrected chi connectivity index (χ2v) is 6.57. The van der Waals surface area contributed by atoms with Gasteiger partial charge in [-0.15, -0.1) is 0 Å². The smallest absolute Gasteiger partial charge is 0.342 e. The van der Waals surface area contributed by atoms with E-state index in [4.69, 9.17) is 0 Å². The summed E-state index contributed by atoms with van der Waals surface area (Å²) < 4.78 is 36.6. The highest BCUT2D eigenvalue weighted by atomic mass is 19.4. The topological polar surface area (TPSA) is 38.0 Å². The summed E-state index contributed by atoms with van der Waals surface area (Å²) in [6.45, 7) is 6.92. The van der Waals surface area contributed by atoms with E-state index in [0.29, 0.717) is 0 Å². The molecule has 0 saturated carbocycles. The van der Waals surface area contributed by atoms with Crippen molar-refractivity contribution in [2.75, 3.05) is 32.7 Å². The minimum Gasteiger partial charge on any atom is -0.342 e. The molecule has 1 amide bonds. The van der Waals surface area contributed by atoms with Gasteiger partial charge in [0.05, 0.1) is 0 Å². The van der Waals surface area contributed by atoms with Crippen molar-refractivity contribution in [3.63, 3.8) is 0 Å². The molecule has 7 heteroatoms. The van der Waals surface area contributed by atoms with E-state index >= 15 is 0 Å². The molecule has 0 spiro atoms. The normalized spacial score (nSPS) is 22.9. The molecule has 1 aromatic carbocycles. The first-order valence-corrected chi connectivity index (χ1v) is 8.33. The molecule has 4 nitrogen and oxygen atoms in total. The van der Waals surface area contributed by atoms with Crippen molar-refractivity contribution in [1.29, 1.82) is 0 Å². The fraction of sp³-hybridized carbons (Fsp3) is 0.588. The number of alkyl halides is 3. The molecule has 0 aromatic heterocycles. The van der Waals surface area contributed by atoms with E-state index < -0.39 is 24.7 Å². The van der Waals surface area contributed by atoms with Crippen LogP contribution < -0.4 is 15.1 Å². The molecule has 0 radical (unpaired) electrons. The van der Waals surface area contributed by atoms with E-state index in [9.17, 15) is 18.0 Å². The molecule has 1 aromatic rings. The van der Waals surface area contributed by atoms with Crippen LogP contribution in [0.2, 0.25) is 0 Å². The number of quaternary nitrogens is 2. The molecule has 1 atom stereocenters. The Bertz CT molecular complexity index is 554. The summed E-state index contributed by atoms with van der Waals surface area (Å²) in [4.78, 5) is 14.4. The number of nitrogens with one attached hydrogen (secondary N) is 3. The summed E-state index contributed by atoms with van der Waals surface area (Å²) in [7, 11) is 0. The zero-order chi connectivity index (χ0) is 17.7. The van der Waals surface area contributed by atoms with Crippen molar-refractivity contribution < 1.29 is 27.8 Å². The van der Waals surface area contributed by atoms with Crippen LogP contribution in [0.4, 0.5) is 13.2 Å². The highest BCUT2D eigenvalue weighted by Gasteiger charge is 2.34. The van der Waals surface area contributed by atoms with Gasteiger partial charge in [0.1, 0.15) is 39.3 Å². The maximum absolute atomic E-state index is 12.2. The predicted molar refractivity (Wildman–Crippen MR) is 84.8 cm³/mol. The van der Waals surface area contributed by atoms with E-state index in [2.05, 4.69) is 19.1 Å². The Morgan fingerprint density at radius 2 is 1.83 bits per heavy atom. The van der Waals surface area contributed by atoms with Gasteiger partial charge in [0.15, 0.2) is 6.04 Å². The van der Waals surface area contributed by atoms with E-state index in [1.807, 2.05) is 17.4 Å². The molecule has 3 N–H and O–H groups in total.